The molecule has 32 heavy (non-hydrogen) atoms. The number of fused-ring (bicyclic) bond motifs is 1. The number of nitrogen functional groups attached to an aromatic ring is 1. The van der Waals surface area contributed by atoms with Crippen molar-refractivity contribution in [1.29, 1.82) is 0 Å². The Bertz CT molecular complexity index is 1090. The topological polar surface area (TPSA) is 79.9 Å². The van der Waals surface area contributed by atoms with Crippen molar-refractivity contribution in [1.82, 2.24) is 14.8 Å². The van der Waals surface area contributed by atoms with Crippen LogP contribution in [-0.4, -0.2) is 60.5 Å². The predicted molar refractivity (Wildman–Crippen MR) is 125 cm³/mol. The van der Waals surface area contributed by atoms with E-state index >= 15 is 0 Å². The molecule has 1 saturated heterocycles. The number of anilines is 2. The number of nitrogens with zero attached hydrogens (tertiary/aromatic N) is 5. The van der Waals surface area contributed by atoms with Crippen LogP contribution in [0.2, 0.25) is 0 Å². The third-order valence-electron chi connectivity index (χ3n) is 6.28. The van der Waals surface area contributed by atoms with Crippen LogP contribution in [0.15, 0.2) is 54.6 Å². The lowest BCUT2D eigenvalue weighted by Crippen LogP contribution is -2.53. The highest BCUT2D eigenvalue weighted by molar-refractivity contribution is 6.07. The van der Waals surface area contributed by atoms with Crippen LogP contribution in [0.1, 0.15) is 21.6 Å². The first-order valence-corrected chi connectivity index (χ1v) is 11.0. The summed E-state index contributed by atoms with van der Waals surface area (Å²) in [6, 6.07) is 18.1. The Balaban J connectivity index is 1.33. The third kappa shape index (κ3) is 3.78. The standard InChI is InChI=1S/C24H28N6O2/c1-32-20-9-7-19(8-10-20)29-12-11-21-22(24(29)31)30(26-23(21)25)28-15-13-27(14-16-28)17-18-5-3-2-4-6-18/h2-10H,11-17H2,1H3,(H2,25,26). The van der Waals surface area contributed by atoms with Crippen molar-refractivity contribution >= 4 is 17.4 Å². The fourth-order valence-corrected chi connectivity index (χ4v) is 4.51. The molecule has 1 fully saturated rings. The number of benzene rings is 2. The van der Waals surface area contributed by atoms with Crippen LogP contribution < -0.4 is 20.4 Å². The zero-order valence-corrected chi connectivity index (χ0v) is 18.3. The molecule has 1 amide bonds. The Labute approximate surface area is 187 Å². The van der Waals surface area contributed by atoms with Crippen LogP contribution >= 0.6 is 0 Å². The van der Waals surface area contributed by atoms with Crippen LogP contribution in [0.25, 0.3) is 0 Å². The van der Waals surface area contributed by atoms with Gasteiger partial charge in [0.25, 0.3) is 5.91 Å². The van der Waals surface area contributed by atoms with Gasteiger partial charge in [-0.1, -0.05) is 30.3 Å². The molecular formula is C24H28N6O2. The molecule has 2 aliphatic rings. The van der Waals surface area contributed by atoms with Crippen molar-refractivity contribution in [3.63, 3.8) is 0 Å². The minimum Gasteiger partial charge on any atom is -0.497 e. The molecule has 3 aromatic rings. The van der Waals surface area contributed by atoms with Crippen LogP contribution in [0, 0.1) is 0 Å². The summed E-state index contributed by atoms with van der Waals surface area (Å²) >= 11 is 0. The summed E-state index contributed by atoms with van der Waals surface area (Å²) in [6.07, 6.45) is 0.687. The highest BCUT2D eigenvalue weighted by Crippen LogP contribution is 2.29. The van der Waals surface area contributed by atoms with Crippen LogP contribution in [0.3, 0.4) is 0 Å². The fraction of sp³-hybridized carbons (Fsp3) is 0.333. The summed E-state index contributed by atoms with van der Waals surface area (Å²) in [4.78, 5) is 19.5. The molecular weight excluding hydrogens is 404 g/mol. The second-order valence-electron chi connectivity index (χ2n) is 8.22. The van der Waals surface area contributed by atoms with Crippen molar-refractivity contribution in [2.75, 3.05) is 55.5 Å². The zero-order valence-electron chi connectivity index (χ0n) is 18.3. The SMILES string of the molecule is COc1ccc(N2CCc3c(N)nn(N4CCN(Cc5ccccc5)CC4)c3C2=O)cc1. The number of hydrogen-bond acceptors (Lipinski definition) is 6. The van der Waals surface area contributed by atoms with E-state index < -0.39 is 0 Å². The van der Waals surface area contributed by atoms with E-state index in [-0.39, 0.29) is 5.91 Å². The molecule has 0 atom stereocenters. The molecule has 5 rings (SSSR count). The van der Waals surface area contributed by atoms with Gasteiger partial charge >= 0.3 is 0 Å². The number of carbonyl (C=O) groups excluding carboxylic acids is 1. The van der Waals surface area contributed by atoms with E-state index in [0.29, 0.717) is 24.5 Å². The highest BCUT2D eigenvalue weighted by Gasteiger charge is 2.34. The number of rotatable bonds is 5. The van der Waals surface area contributed by atoms with Gasteiger partial charge in [-0.15, -0.1) is 5.10 Å². The first-order chi connectivity index (χ1) is 15.6. The molecule has 1 aromatic heterocycles. The molecule has 8 nitrogen and oxygen atoms in total. The van der Waals surface area contributed by atoms with E-state index in [1.54, 1.807) is 16.8 Å². The number of piperazine rings is 1. The second kappa shape index (κ2) is 8.55. The maximum absolute atomic E-state index is 13.5. The average Bonchev–Trinajstić information content (AvgIpc) is 3.18. The van der Waals surface area contributed by atoms with Crippen molar-refractivity contribution in [3.05, 3.63) is 71.4 Å². The third-order valence-corrected chi connectivity index (χ3v) is 6.28. The van der Waals surface area contributed by atoms with Gasteiger partial charge in [0.05, 0.1) is 7.11 Å². The fourth-order valence-electron chi connectivity index (χ4n) is 4.51. The van der Waals surface area contributed by atoms with Gasteiger partial charge in [-0.3, -0.25) is 14.7 Å². The summed E-state index contributed by atoms with van der Waals surface area (Å²) in [5.74, 6) is 1.16. The molecule has 2 N–H and O–H groups in total. The van der Waals surface area contributed by atoms with E-state index in [0.717, 1.165) is 49.7 Å². The van der Waals surface area contributed by atoms with Crippen LogP contribution in [0.5, 0.6) is 5.75 Å². The number of ether oxygens (including phenoxy) is 1. The molecule has 0 unspecified atom stereocenters. The van der Waals surface area contributed by atoms with Gasteiger partial charge in [0.2, 0.25) is 0 Å². The Hall–Kier alpha value is -3.52. The number of nitrogens with two attached hydrogens (primary N) is 1. The quantitative estimate of drug-likeness (QED) is 0.665. The molecule has 2 aromatic carbocycles. The van der Waals surface area contributed by atoms with Crippen molar-refractivity contribution in [2.45, 2.75) is 13.0 Å². The van der Waals surface area contributed by atoms with Crippen molar-refractivity contribution in [3.8, 4) is 5.75 Å². The second-order valence-corrected chi connectivity index (χ2v) is 8.22. The minimum absolute atomic E-state index is 0.0627. The molecule has 2 aliphatic heterocycles. The lowest BCUT2D eigenvalue weighted by Gasteiger charge is -2.37. The summed E-state index contributed by atoms with van der Waals surface area (Å²) < 4.78 is 5.24. The average molecular weight is 433 g/mol. The molecule has 0 spiro atoms. The molecule has 0 radical (unpaired) electrons. The van der Waals surface area contributed by atoms with Gasteiger partial charge in [0, 0.05) is 50.5 Å². The summed E-state index contributed by atoms with van der Waals surface area (Å²) in [6.45, 7) is 4.89. The Morgan fingerprint density at radius 3 is 2.38 bits per heavy atom. The predicted octanol–water partition coefficient (Wildman–Crippen LogP) is 2.13. The van der Waals surface area contributed by atoms with Crippen LogP contribution in [-0.2, 0) is 13.0 Å². The van der Waals surface area contributed by atoms with Gasteiger partial charge in [-0.25, -0.2) is 0 Å². The largest absolute Gasteiger partial charge is 0.497 e. The zero-order chi connectivity index (χ0) is 22.1. The Morgan fingerprint density at radius 1 is 0.969 bits per heavy atom. The summed E-state index contributed by atoms with van der Waals surface area (Å²) in [5.41, 5.74) is 9.82. The summed E-state index contributed by atoms with van der Waals surface area (Å²) in [5, 5.41) is 6.70. The number of amides is 1. The number of carbonyl (C=O) groups is 1. The lowest BCUT2D eigenvalue weighted by atomic mass is 10.1. The van der Waals surface area contributed by atoms with Gasteiger partial charge < -0.3 is 15.4 Å². The first-order valence-electron chi connectivity index (χ1n) is 11.0. The number of hydrogen-bond donors (Lipinski definition) is 1. The van der Waals surface area contributed by atoms with Crippen molar-refractivity contribution < 1.29 is 9.53 Å². The van der Waals surface area contributed by atoms with E-state index in [4.69, 9.17) is 10.5 Å². The summed E-state index contributed by atoms with van der Waals surface area (Å²) in [7, 11) is 1.63. The van der Waals surface area contributed by atoms with E-state index in [1.165, 1.54) is 5.56 Å². The Morgan fingerprint density at radius 2 is 1.69 bits per heavy atom. The van der Waals surface area contributed by atoms with Gasteiger partial charge in [0.1, 0.15) is 5.75 Å². The van der Waals surface area contributed by atoms with Crippen LogP contribution in [0.4, 0.5) is 11.5 Å². The number of aromatic nitrogens is 2. The van der Waals surface area contributed by atoms with Gasteiger partial charge in [-0.05, 0) is 36.2 Å². The molecule has 0 bridgehead atoms. The molecule has 8 heteroatoms. The van der Waals surface area contributed by atoms with E-state index in [9.17, 15) is 4.79 Å². The molecule has 0 aliphatic carbocycles. The lowest BCUT2D eigenvalue weighted by molar-refractivity contribution is 0.0967. The van der Waals surface area contributed by atoms with Gasteiger partial charge in [0.15, 0.2) is 11.5 Å². The van der Waals surface area contributed by atoms with E-state index in [1.807, 2.05) is 30.3 Å². The highest BCUT2D eigenvalue weighted by atomic mass is 16.5. The van der Waals surface area contributed by atoms with Crippen molar-refractivity contribution in [2.24, 2.45) is 0 Å². The molecule has 3 heterocycles. The first kappa shape index (κ1) is 20.4. The van der Waals surface area contributed by atoms with Gasteiger partial charge in [-0.2, -0.15) is 4.79 Å². The monoisotopic (exact) mass is 432 g/mol. The maximum Gasteiger partial charge on any atom is 0.279 e. The maximum atomic E-state index is 13.5. The smallest absolute Gasteiger partial charge is 0.279 e. The molecule has 0 saturated carbocycles. The number of methoxy groups -OCH3 is 1. The minimum atomic E-state index is -0.0627. The molecule has 166 valence electrons. The normalized spacial score (nSPS) is 16.8. The Kier molecular flexibility index (Phi) is 5.45. The van der Waals surface area contributed by atoms with E-state index in [2.05, 4.69) is 39.3 Å².